The number of amides is 1. The predicted octanol–water partition coefficient (Wildman–Crippen LogP) is 4.32. The van der Waals surface area contributed by atoms with Crippen LogP contribution in [0.15, 0.2) is 29.6 Å². The SMILES string of the molecule is CCc1nc(SC)ncc1C(=O)Nc1c(Cl)cccc1Cl. The van der Waals surface area contributed by atoms with Crippen molar-refractivity contribution in [1.29, 1.82) is 0 Å². The first kappa shape index (κ1) is 16.1. The topological polar surface area (TPSA) is 54.9 Å². The highest BCUT2D eigenvalue weighted by Crippen LogP contribution is 2.30. The average Bonchev–Trinajstić information content (AvgIpc) is 2.50. The second-order valence-electron chi connectivity index (χ2n) is 4.12. The largest absolute Gasteiger partial charge is 0.319 e. The second-order valence-corrected chi connectivity index (χ2v) is 5.71. The first-order valence-corrected chi connectivity index (χ1v) is 8.20. The predicted molar refractivity (Wildman–Crippen MR) is 87.6 cm³/mol. The molecule has 1 N–H and O–H groups in total. The molecule has 0 fully saturated rings. The minimum atomic E-state index is -0.325. The summed E-state index contributed by atoms with van der Waals surface area (Å²) in [6.07, 6.45) is 4.05. The van der Waals surface area contributed by atoms with Crippen molar-refractivity contribution in [2.45, 2.75) is 18.5 Å². The van der Waals surface area contributed by atoms with Crippen LogP contribution >= 0.6 is 35.0 Å². The molecule has 1 aromatic carbocycles. The van der Waals surface area contributed by atoms with Gasteiger partial charge in [0.05, 0.1) is 27.0 Å². The van der Waals surface area contributed by atoms with Crippen LogP contribution in [0.25, 0.3) is 0 Å². The van der Waals surface area contributed by atoms with Gasteiger partial charge in [-0.05, 0) is 24.8 Å². The van der Waals surface area contributed by atoms with E-state index in [0.29, 0.717) is 38.6 Å². The van der Waals surface area contributed by atoms with Crippen molar-refractivity contribution < 1.29 is 4.79 Å². The number of nitrogens with one attached hydrogen (secondary N) is 1. The van der Waals surface area contributed by atoms with E-state index in [2.05, 4.69) is 15.3 Å². The molecule has 1 amide bonds. The summed E-state index contributed by atoms with van der Waals surface area (Å²) in [5.41, 5.74) is 1.50. The highest BCUT2D eigenvalue weighted by molar-refractivity contribution is 7.98. The summed E-state index contributed by atoms with van der Waals surface area (Å²) < 4.78 is 0. The van der Waals surface area contributed by atoms with Crippen molar-refractivity contribution in [1.82, 2.24) is 9.97 Å². The van der Waals surface area contributed by atoms with Crippen LogP contribution in [0.1, 0.15) is 23.0 Å². The lowest BCUT2D eigenvalue weighted by Gasteiger charge is -2.11. The first-order chi connectivity index (χ1) is 10.1. The number of carbonyl (C=O) groups excluding carboxylic acids is 1. The molecule has 0 saturated carbocycles. The minimum Gasteiger partial charge on any atom is -0.319 e. The van der Waals surface area contributed by atoms with E-state index in [1.54, 1.807) is 18.2 Å². The van der Waals surface area contributed by atoms with Gasteiger partial charge in [0.2, 0.25) is 0 Å². The third kappa shape index (κ3) is 3.67. The molecule has 21 heavy (non-hydrogen) atoms. The number of benzene rings is 1. The van der Waals surface area contributed by atoms with E-state index >= 15 is 0 Å². The minimum absolute atomic E-state index is 0.325. The van der Waals surface area contributed by atoms with Gasteiger partial charge in [-0.2, -0.15) is 0 Å². The second kappa shape index (κ2) is 7.11. The highest BCUT2D eigenvalue weighted by Gasteiger charge is 2.16. The zero-order valence-corrected chi connectivity index (χ0v) is 13.8. The molecule has 1 aromatic heterocycles. The van der Waals surface area contributed by atoms with Crippen molar-refractivity contribution in [2.75, 3.05) is 11.6 Å². The Balaban J connectivity index is 2.32. The Morgan fingerprint density at radius 2 is 2.00 bits per heavy atom. The summed E-state index contributed by atoms with van der Waals surface area (Å²) in [5, 5.41) is 4.13. The molecule has 2 rings (SSSR count). The van der Waals surface area contributed by atoms with E-state index < -0.39 is 0 Å². The Kier molecular flexibility index (Phi) is 5.45. The molecule has 4 nitrogen and oxygen atoms in total. The monoisotopic (exact) mass is 341 g/mol. The van der Waals surface area contributed by atoms with Crippen LogP contribution in [0.5, 0.6) is 0 Å². The Bertz CT molecular complexity index is 659. The lowest BCUT2D eigenvalue weighted by atomic mass is 10.1. The molecule has 110 valence electrons. The van der Waals surface area contributed by atoms with Crippen LogP contribution in [-0.4, -0.2) is 22.1 Å². The number of hydrogen-bond donors (Lipinski definition) is 1. The third-order valence-electron chi connectivity index (χ3n) is 2.81. The van der Waals surface area contributed by atoms with Gasteiger partial charge in [-0.1, -0.05) is 48.0 Å². The smallest absolute Gasteiger partial charge is 0.259 e. The highest BCUT2D eigenvalue weighted by atomic mass is 35.5. The maximum absolute atomic E-state index is 12.4. The molecular formula is C14H13Cl2N3OS. The third-order valence-corrected chi connectivity index (χ3v) is 4.00. The summed E-state index contributed by atoms with van der Waals surface area (Å²) in [4.78, 5) is 20.9. The van der Waals surface area contributed by atoms with Gasteiger partial charge in [0, 0.05) is 6.20 Å². The summed E-state index contributed by atoms with van der Waals surface area (Å²) in [6.45, 7) is 1.94. The molecule has 0 spiro atoms. The van der Waals surface area contributed by atoms with Crippen molar-refractivity contribution in [3.05, 3.63) is 45.7 Å². The first-order valence-electron chi connectivity index (χ1n) is 6.22. The molecule has 2 aromatic rings. The molecule has 0 aliphatic carbocycles. The summed E-state index contributed by atoms with van der Waals surface area (Å²) in [7, 11) is 0. The number of nitrogens with zero attached hydrogens (tertiary/aromatic N) is 2. The summed E-state index contributed by atoms with van der Waals surface area (Å²) >= 11 is 13.5. The van der Waals surface area contributed by atoms with E-state index in [1.807, 2.05) is 13.2 Å². The molecule has 1 heterocycles. The van der Waals surface area contributed by atoms with Crippen LogP contribution in [-0.2, 0) is 6.42 Å². The maximum atomic E-state index is 12.4. The lowest BCUT2D eigenvalue weighted by molar-refractivity contribution is 0.102. The van der Waals surface area contributed by atoms with Crippen molar-refractivity contribution >= 4 is 46.6 Å². The standard InChI is InChI=1S/C14H13Cl2N3OS/c1-3-11-8(7-17-14(18-11)21-2)13(20)19-12-9(15)5-4-6-10(12)16/h4-7H,3H2,1-2H3,(H,19,20). The van der Waals surface area contributed by atoms with E-state index in [9.17, 15) is 4.79 Å². The Morgan fingerprint density at radius 1 is 1.33 bits per heavy atom. The number of halogens is 2. The van der Waals surface area contributed by atoms with Gasteiger partial charge < -0.3 is 5.32 Å². The normalized spacial score (nSPS) is 10.5. The molecule has 7 heteroatoms. The van der Waals surface area contributed by atoms with E-state index in [-0.39, 0.29) is 5.91 Å². The lowest BCUT2D eigenvalue weighted by Crippen LogP contribution is -2.16. The number of anilines is 1. The number of aromatic nitrogens is 2. The molecular weight excluding hydrogens is 329 g/mol. The van der Waals surface area contributed by atoms with E-state index in [1.165, 1.54) is 18.0 Å². The van der Waals surface area contributed by atoms with Crippen LogP contribution in [0.3, 0.4) is 0 Å². The number of para-hydroxylation sites is 1. The molecule has 0 aliphatic heterocycles. The quantitative estimate of drug-likeness (QED) is 0.664. The van der Waals surface area contributed by atoms with Crippen molar-refractivity contribution in [2.24, 2.45) is 0 Å². The van der Waals surface area contributed by atoms with E-state index in [0.717, 1.165) is 0 Å². The number of carbonyl (C=O) groups is 1. The van der Waals surface area contributed by atoms with Gasteiger partial charge in [0.25, 0.3) is 5.91 Å². The Morgan fingerprint density at radius 3 is 2.57 bits per heavy atom. The average molecular weight is 342 g/mol. The Labute approximate surface area is 137 Å². The number of rotatable bonds is 4. The number of aryl methyl sites for hydroxylation is 1. The van der Waals surface area contributed by atoms with Gasteiger partial charge >= 0.3 is 0 Å². The van der Waals surface area contributed by atoms with Gasteiger partial charge in [0.15, 0.2) is 5.16 Å². The molecule has 0 radical (unpaired) electrons. The zero-order valence-electron chi connectivity index (χ0n) is 11.5. The van der Waals surface area contributed by atoms with Crippen molar-refractivity contribution in [3.8, 4) is 0 Å². The van der Waals surface area contributed by atoms with Crippen molar-refractivity contribution in [3.63, 3.8) is 0 Å². The van der Waals surface area contributed by atoms with Crippen LogP contribution < -0.4 is 5.32 Å². The molecule has 0 bridgehead atoms. The zero-order chi connectivity index (χ0) is 15.4. The van der Waals surface area contributed by atoms with Gasteiger partial charge in [-0.3, -0.25) is 4.79 Å². The fourth-order valence-electron chi connectivity index (χ4n) is 1.75. The fraction of sp³-hybridized carbons (Fsp3) is 0.214. The Hall–Kier alpha value is -1.30. The van der Waals surface area contributed by atoms with Gasteiger partial charge in [-0.25, -0.2) is 9.97 Å². The molecule has 0 unspecified atom stereocenters. The maximum Gasteiger partial charge on any atom is 0.259 e. The van der Waals surface area contributed by atoms with Crippen LogP contribution in [0, 0.1) is 0 Å². The summed E-state index contributed by atoms with van der Waals surface area (Å²) in [6, 6.07) is 5.04. The van der Waals surface area contributed by atoms with Gasteiger partial charge in [-0.15, -0.1) is 0 Å². The number of thioether (sulfide) groups is 1. The summed E-state index contributed by atoms with van der Waals surface area (Å²) in [5.74, 6) is -0.325. The molecule has 0 atom stereocenters. The molecule has 0 aliphatic rings. The number of hydrogen-bond acceptors (Lipinski definition) is 4. The van der Waals surface area contributed by atoms with E-state index in [4.69, 9.17) is 23.2 Å². The van der Waals surface area contributed by atoms with Crippen LogP contribution in [0.2, 0.25) is 10.0 Å². The van der Waals surface area contributed by atoms with Gasteiger partial charge in [0.1, 0.15) is 0 Å². The van der Waals surface area contributed by atoms with Crippen LogP contribution in [0.4, 0.5) is 5.69 Å². The molecule has 0 saturated heterocycles. The fourth-order valence-corrected chi connectivity index (χ4v) is 2.61.